The van der Waals surface area contributed by atoms with Crippen molar-refractivity contribution in [1.29, 1.82) is 0 Å². The fourth-order valence-corrected chi connectivity index (χ4v) is 9.65. The molecule has 0 aromatic rings. The van der Waals surface area contributed by atoms with Crippen LogP contribution in [0.4, 0.5) is 0 Å². The van der Waals surface area contributed by atoms with Gasteiger partial charge in [-0.3, -0.25) is 4.79 Å². The second-order valence-electron chi connectivity index (χ2n) is 13.6. The van der Waals surface area contributed by atoms with Crippen LogP contribution < -0.4 is 0 Å². The molecule has 0 aliphatic heterocycles. The zero-order chi connectivity index (χ0) is 23.3. The summed E-state index contributed by atoms with van der Waals surface area (Å²) < 4.78 is 0. The number of aliphatic hydroxyl groups is 1. The van der Waals surface area contributed by atoms with E-state index in [1.807, 2.05) is 6.08 Å². The molecule has 5 aliphatic rings. The monoisotopic (exact) mass is 436 g/mol. The molecule has 3 fully saturated rings. The van der Waals surface area contributed by atoms with Gasteiger partial charge in [0.25, 0.3) is 0 Å². The Bertz CT molecular complexity index is 936. The average molecular weight is 437 g/mol. The minimum Gasteiger partial charge on any atom is -0.396 e. The highest BCUT2D eigenvalue weighted by Gasteiger charge is 2.65. The van der Waals surface area contributed by atoms with Gasteiger partial charge in [0, 0.05) is 17.4 Å². The van der Waals surface area contributed by atoms with Crippen molar-refractivity contribution in [2.75, 3.05) is 6.61 Å². The molecule has 0 radical (unpaired) electrons. The maximum atomic E-state index is 12.8. The molecule has 0 spiro atoms. The molecule has 0 heterocycles. The maximum absolute atomic E-state index is 12.8. The van der Waals surface area contributed by atoms with Crippen LogP contribution in [0.2, 0.25) is 0 Å². The van der Waals surface area contributed by atoms with Crippen LogP contribution >= 0.6 is 0 Å². The molecule has 32 heavy (non-hydrogen) atoms. The molecule has 5 rings (SSSR count). The van der Waals surface area contributed by atoms with Gasteiger partial charge in [-0.05, 0) is 84.5 Å². The first-order valence-corrected chi connectivity index (χ1v) is 13.1. The fourth-order valence-electron chi connectivity index (χ4n) is 9.65. The lowest BCUT2D eigenvalue weighted by molar-refractivity contribution is -0.131. The summed E-state index contributed by atoms with van der Waals surface area (Å²) in [6.45, 7) is 17.1. The highest BCUT2D eigenvalue weighted by atomic mass is 16.3. The topological polar surface area (TPSA) is 37.3 Å². The zero-order valence-corrected chi connectivity index (χ0v) is 21.4. The van der Waals surface area contributed by atoms with Crippen molar-refractivity contribution in [2.24, 2.45) is 50.7 Å². The van der Waals surface area contributed by atoms with Crippen LogP contribution in [0.5, 0.6) is 0 Å². The van der Waals surface area contributed by atoms with E-state index >= 15 is 0 Å². The summed E-state index contributed by atoms with van der Waals surface area (Å²) in [5.74, 6) is 2.18. The largest absolute Gasteiger partial charge is 0.396 e. The van der Waals surface area contributed by atoms with Crippen molar-refractivity contribution in [2.45, 2.75) is 87.0 Å². The maximum Gasteiger partial charge on any atom is 0.161 e. The van der Waals surface area contributed by atoms with E-state index in [0.717, 1.165) is 6.42 Å². The number of fused-ring (bicyclic) bond motifs is 7. The smallest absolute Gasteiger partial charge is 0.161 e. The Morgan fingerprint density at radius 3 is 2.34 bits per heavy atom. The quantitative estimate of drug-likeness (QED) is 0.485. The number of aliphatic hydroxyl groups excluding tert-OH is 1. The van der Waals surface area contributed by atoms with E-state index in [1.54, 1.807) is 11.1 Å². The van der Waals surface area contributed by atoms with Gasteiger partial charge in [-0.2, -0.15) is 0 Å². The summed E-state index contributed by atoms with van der Waals surface area (Å²) in [5.41, 5.74) is 3.51. The molecule has 5 aliphatic carbocycles. The molecular weight excluding hydrogens is 392 g/mol. The minimum absolute atomic E-state index is 0.0536. The van der Waals surface area contributed by atoms with Gasteiger partial charge >= 0.3 is 0 Å². The normalized spacial score (nSPS) is 51.6. The number of rotatable bonds is 1. The molecule has 2 heteroatoms. The number of allylic oxidation sites excluding steroid dienone is 6. The van der Waals surface area contributed by atoms with Crippen LogP contribution in [0.25, 0.3) is 0 Å². The molecule has 2 nitrogen and oxygen atoms in total. The van der Waals surface area contributed by atoms with Gasteiger partial charge in [-0.25, -0.2) is 0 Å². The molecule has 0 amide bonds. The van der Waals surface area contributed by atoms with E-state index in [9.17, 15) is 9.90 Å². The van der Waals surface area contributed by atoms with Crippen molar-refractivity contribution in [1.82, 2.24) is 0 Å². The lowest BCUT2D eigenvalue weighted by Crippen LogP contribution is -2.59. The van der Waals surface area contributed by atoms with Crippen molar-refractivity contribution < 1.29 is 9.90 Å². The highest BCUT2D eigenvalue weighted by molar-refractivity contribution is 5.96. The van der Waals surface area contributed by atoms with E-state index in [0.29, 0.717) is 41.5 Å². The Labute approximate surface area is 195 Å². The van der Waals surface area contributed by atoms with Crippen LogP contribution in [-0.4, -0.2) is 17.5 Å². The van der Waals surface area contributed by atoms with Crippen molar-refractivity contribution in [3.8, 4) is 0 Å². The van der Waals surface area contributed by atoms with Gasteiger partial charge in [0.05, 0.1) is 0 Å². The van der Waals surface area contributed by atoms with Crippen LogP contribution in [0.15, 0.2) is 35.5 Å². The Morgan fingerprint density at radius 2 is 1.66 bits per heavy atom. The molecule has 176 valence electrons. The third-order valence-electron chi connectivity index (χ3n) is 12.1. The average Bonchev–Trinajstić information content (AvgIpc) is 2.72. The van der Waals surface area contributed by atoms with E-state index in [2.05, 4.69) is 66.7 Å². The zero-order valence-electron chi connectivity index (χ0n) is 21.4. The molecule has 3 saturated carbocycles. The number of hydrogen-bond donors (Lipinski definition) is 1. The van der Waals surface area contributed by atoms with Crippen LogP contribution in [0, 0.1) is 50.7 Å². The third kappa shape index (κ3) is 2.54. The first kappa shape index (κ1) is 22.6. The van der Waals surface area contributed by atoms with E-state index in [1.165, 1.54) is 32.1 Å². The molecule has 0 bridgehead atoms. The summed E-state index contributed by atoms with van der Waals surface area (Å²) in [7, 11) is 0. The van der Waals surface area contributed by atoms with Gasteiger partial charge in [0.2, 0.25) is 0 Å². The Hall–Kier alpha value is -1.15. The van der Waals surface area contributed by atoms with Crippen molar-refractivity contribution >= 4 is 5.78 Å². The standard InChI is InChI=1S/C30H44O2/c1-19-20(18-31)10-13-27(4)16-17-29(6)21(25(19)27)8-9-23-28(5)14-12-24(32)26(2,3)22(28)11-15-30(23,29)7/h8-9,12,14,19-20,22,25,31H,10-11,13,15-18H2,1-7H3/t19-,20-,22?,25+,27+,28-,29+,30+/m0/s1. The predicted molar refractivity (Wildman–Crippen MR) is 131 cm³/mol. The summed E-state index contributed by atoms with van der Waals surface area (Å²) in [4.78, 5) is 12.8. The lowest BCUT2D eigenvalue weighted by Gasteiger charge is -2.67. The van der Waals surface area contributed by atoms with Crippen LogP contribution in [0.1, 0.15) is 87.0 Å². The number of ketones is 1. The van der Waals surface area contributed by atoms with Gasteiger partial charge in [0.1, 0.15) is 0 Å². The molecule has 0 aromatic heterocycles. The Kier molecular flexibility index (Phi) is 4.75. The number of carbonyl (C=O) groups is 1. The minimum atomic E-state index is -0.298. The molecule has 0 saturated heterocycles. The SMILES string of the molecule is C[C@H]1[C@H](CO)CC[C@]2(C)CC[C@]3(C)C(=CC=C4[C@@]5(C)C=CC(=O)C(C)(C)C5CC[C@]43C)[C@@H]12. The van der Waals surface area contributed by atoms with E-state index in [-0.39, 0.29) is 21.7 Å². The van der Waals surface area contributed by atoms with Crippen LogP contribution in [-0.2, 0) is 4.79 Å². The van der Waals surface area contributed by atoms with Gasteiger partial charge in [-0.15, -0.1) is 0 Å². The highest BCUT2D eigenvalue weighted by Crippen LogP contribution is 2.73. The molecule has 1 unspecified atom stereocenters. The number of hydrogen-bond acceptors (Lipinski definition) is 2. The first-order valence-electron chi connectivity index (χ1n) is 13.1. The van der Waals surface area contributed by atoms with Gasteiger partial charge in [0.15, 0.2) is 5.78 Å². The third-order valence-corrected chi connectivity index (χ3v) is 12.1. The molecule has 1 N–H and O–H groups in total. The number of carbonyl (C=O) groups excluding carboxylic acids is 1. The fraction of sp³-hybridized carbons (Fsp3) is 0.767. The summed E-state index contributed by atoms with van der Waals surface area (Å²) in [5, 5.41) is 10.1. The van der Waals surface area contributed by atoms with Gasteiger partial charge in [-0.1, -0.05) is 77.8 Å². The lowest BCUT2D eigenvalue weighted by atomic mass is 9.36. The molecule has 8 atom stereocenters. The summed E-state index contributed by atoms with van der Waals surface area (Å²) >= 11 is 0. The first-order chi connectivity index (χ1) is 14.8. The van der Waals surface area contributed by atoms with E-state index < -0.39 is 0 Å². The summed E-state index contributed by atoms with van der Waals surface area (Å²) in [6.07, 6.45) is 16.4. The van der Waals surface area contributed by atoms with Crippen molar-refractivity contribution in [3.63, 3.8) is 0 Å². The predicted octanol–water partition coefficient (Wildman–Crippen LogP) is 6.90. The van der Waals surface area contributed by atoms with Crippen LogP contribution in [0.3, 0.4) is 0 Å². The van der Waals surface area contributed by atoms with Crippen molar-refractivity contribution in [3.05, 3.63) is 35.5 Å². The second-order valence-corrected chi connectivity index (χ2v) is 13.6. The van der Waals surface area contributed by atoms with Gasteiger partial charge < -0.3 is 5.11 Å². The Balaban J connectivity index is 1.67. The molecule has 0 aromatic carbocycles. The Morgan fingerprint density at radius 1 is 0.938 bits per heavy atom. The molecular formula is C30H44O2. The summed E-state index contributed by atoms with van der Waals surface area (Å²) in [6, 6.07) is 0. The van der Waals surface area contributed by atoms with E-state index in [4.69, 9.17) is 0 Å². The second kappa shape index (κ2) is 6.71.